The summed E-state index contributed by atoms with van der Waals surface area (Å²) in [7, 11) is 0. The third-order valence-electron chi connectivity index (χ3n) is 1.29. The van der Waals surface area contributed by atoms with E-state index in [0.717, 1.165) is 5.57 Å². The second-order valence-electron chi connectivity index (χ2n) is 3.04. The van der Waals surface area contributed by atoms with Crippen LogP contribution in [0.1, 0.15) is 13.8 Å². The van der Waals surface area contributed by atoms with Gasteiger partial charge < -0.3 is 5.73 Å². The summed E-state index contributed by atoms with van der Waals surface area (Å²) in [6.45, 7) is 7.01. The van der Waals surface area contributed by atoms with Crippen molar-refractivity contribution < 1.29 is 14.6 Å². The summed E-state index contributed by atoms with van der Waals surface area (Å²) in [6, 6.07) is 0. The van der Waals surface area contributed by atoms with Crippen molar-refractivity contribution in [1.29, 1.82) is 0 Å². The highest BCUT2D eigenvalue weighted by atomic mass is 16.1. The topological polar surface area (TPSA) is 74.1 Å². The molecule has 0 saturated heterocycles. The molecular weight excluding hydrogens is 180 g/mol. The van der Waals surface area contributed by atoms with Crippen LogP contribution in [-0.4, -0.2) is 24.4 Å². The second kappa shape index (κ2) is 5.85. The molecule has 0 aromatic carbocycles. The van der Waals surface area contributed by atoms with Crippen LogP contribution in [0.5, 0.6) is 0 Å². The van der Waals surface area contributed by atoms with E-state index in [2.05, 4.69) is 11.6 Å². The van der Waals surface area contributed by atoms with Gasteiger partial charge in [-0.3, -0.25) is 9.59 Å². The van der Waals surface area contributed by atoms with Gasteiger partial charge in [-0.2, -0.15) is 0 Å². The number of ketones is 1. The van der Waals surface area contributed by atoms with E-state index in [1.807, 2.05) is 0 Å². The Balaban J connectivity index is 4.54. The number of hydrogen-bond donors (Lipinski definition) is 2. The number of Topliss-reactive ketones (excluding diaryl/α,β-unsaturated/α-hetero) is 1. The van der Waals surface area contributed by atoms with E-state index in [9.17, 15) is 9.59 Å². The number of nitrogens with one attached hydrogen (secondary N) is 1. The average molecular weight is 195 g/mol. The Morgan fingerprint density at radius 2 is 2.00 bits per heavy atom. The lowest BCUT2D eigenvalue weighted by Gasteiger charge is -1.91. The Morgan fingerprint density at radius 1 is 1.43 bits per heavy atom. The van der Waals surface area contributed by atoms with Crippen LogP contribution >= 0.6 is 0 Å². The van der Waals surface area contributed by atoms with Crippen LogP contribution in [0.25, 0.3) is 0 Å². The molecule has 4 heteroatoms. The average Bonchev–Trinajstić information content (AvgIpc) is 2.00. The van der Waals surface area contributed by atoms with Crippen molar-refractivity contribution in [3.63, 3.8) is 0 Å². The lowest BCUT2D eigenvalue weighted by atomic mass is 10.2. The number of carbonyl (C=O) groups excluding carboxylic acids is 2. The van der Waals surface area contributed by atoms with E-state index >= 15 is 0 Å². The number of hydrogen-bond acceptors (Lipinski definition) is 2. The maximum absolute atomic E-state index is 10.9. The van der Waals surface area contributed by atoms with E-state index in [-0.39, 0.29) is 12.3 Å². The van der Waals surface area contributed by atoms with Gasteiger partial charge in [-0.15, -0.1) is 0 Å². The van der Waals surface area contributed by atoms with E-state index in [1.54, 1.807) is 13.0 Å². The Kier molecular flexibility index (Phi) is 5.14. The molecule has 0 bridgehead atoms. The molecule has 0 aliphatic heterocycles. The SMILES string of the molecule is C=C(C)/C=C(\C=[NH+]CC(C)=O)C(N)=O. The highest BCUT2D eigenvalue weighted by Crippen LogP contribution is 1.94. The predicted octanol–water partition coefficient (Wildman–Crippen LogP) is -1.29. The Bertz CT molecular complexity index is 314. The quantitative estimate of drug-likeness (QED) is 0.325. The Labute approximate surface area is 83.2 Å². The third-order valence-corrected chi connectivity index (χ3v) is 1.29. The summed E-state index contributed by atoms with van der Waals surface area (Å²) in [6.07, 6.45) is 2.97. The lowest BCUT2D eigenvalue weighted by molar-refractivity contribution is -0.437. The van der Waals surface area contributed by atoms with E-state index in [4.69, 9.17) is 5.73 Å². The molecule has 4 nitrogen and oxygen atoms in total. The van der Waals surface area contributed by atoms with Crippen molar-refractivity contribution >= 4 is 17.9 Å². The highest BCUT2D eigenvalue weighted by molar-refractivity contribution is 6.10. The van der Waals surface area contributed by atoms with Crippen molar-refractivity contribution in [2.24, 2.45) is 5.73 Å². The molecule has 0 spiro atoms. The number of primary amides is 1. The number of allylic oxidation sites excluding steroid dienone is 2. The standard InChI is InChI=1S/C10H14N2O2/c1-7(2)4-9(10(11)14)6-12-5-8(3)13/h4,6H,1,5H2,2-3H3,(H2,11,14)/p+1/b9-4+,12-6?. The summed E-state index contributed by atoms with van der Waals surface area (Å²) in [5.41, 5.74) is 6.12. The maximum atomic E-state index is 10.9. The van der Waals surface area contributed by atoms with Crippen molar-refractivity contribution in [3.05, 3.63) is 23.8 Å². The fourth-order valence-electron chi connectivity index (χ4n) is 0.754. The number of nitrogens with two attached hydrogens (primary N) is 1. The minimum atomic E-state index is -0.552. The van der Waals surface area contributed by atoms with Crippen LogP contribution < -0.4 is 10.7 Å². The summed E-state index contributed by atoms with van der Waals surface area (Å²) in [4.78, 5) is 24.1. The van der Waals surface area contributed by atoms with Crippen molar-refractivity contribution in [3.8, 4) is 0 Å². The second-order valence-corrected chi connectivity index (χ2v) is 3.04. The molecule has 0 unspecified atom stereocenters. The van der Waals surface area contributed by atoms with Gasteiger partial charge in [0.1, 0.15) is 5.57 Å². The van der Waals surface area contributed by atoms with Gasteiger partial charge >= 0.3 is 0 Å². The predicted molar refractivity (Wildman–Crippen MR) is 54.7 cm³/mol. The van der Waals surface area contributed by atoms with Gasteiger partial charge in [0.15, 0.2) is 18.5 Å². The monoisotopic (exact) mass is 195 g/mol. The summed E-state index contributed by atoms with van der Waals surface area (Å²) in [5.74, 6) is -0.565. The van der Waals surface area contributed by atoms with Gasteiger partial charge in [-0.25, -0.2) is 4.99 Å². The first-order valence-electron chi connectivity index (χ1n) is 4.16. The molecule has 0 fully saturated rings. The lowest BCUT2D eigenvalue weighted by Crippen LogP contribution is -2.71. The van der Waals surface area contributed by atoms with E-state index < -0.39 is 5.91 Å². The molecule has 0 aliphatic carbocycles. The molecule has 0 aromatic heterocycles. The van der Waals surface area contributed by atoms with Crippen LogP contribution in [0.4, 0.5) is 0 Å². The van der Waals surface area contributed by atoms with Gasteiger partial charge in [0.25, 0.3) is 5.91 Å². The van der Waals surface area contributed by atoms with Gasteiger partial charge in [0, 0.05) is 6.92 Å². The van der Waals surface area contributed by atoms with Crippen LogP contribution in [0.2, 0.25) is 0 Å². The molecule has 0 aliphatic rings. The summed E-state index contributed by atoms with van der Waals surface area (Å²) in [5, 5.41) is 0. The summed E-state index contributed by atoms with van der Waals surface area (Å²) < 4.78 is 0. The van der Waals surface area contributed by atoms with Gasteiger partial charge in [-0.05, 0) is 13.0 Å². The number of carbonyl (C=O) groups is 2. The van der Waals surface area contributed by atoms with E-state index in [0.29, 0.717) is 5.57 Å². The molecule has 14 heavy (non-hydrogen) atoms. The fourth-order valence-corrected chi connectivity index (χ4v) is 0.754. The Morgan fingerprint density at radius 3 is 2.36 bits per heavy atom. The normalized spacial score (nSPS) is 11.7. The molecule has 76 valence electrons. The maximum Gasteiger partial charge on any atom is 0.254 e. The Hall–Kier alpha value is -1.71. The summed E-state index contributed by atoms with van der Waals surface area (Å²) >= 11 is 0. The largest absolute Gasteiger partial charge is 0.365 e. The van der Waals surface area contributed by atoms with E-state index in [1.165, 1.54) is 13.1 Å². The first-order chi connectivity index (χ1) is 6.43. The molecule has 0 aromatic rings. The zero-order chi connectivity index (χ0) is 11.1. The van der Waals surface area contributed by atoms with Crippen molar-refractivity contribution in [2.75, 3.05) is 6.54 Å². The first kappa shape index (κ1) is 12.3. The molecule has 0 heterocycles. The van der Waals surface area contributed by atoms with Crippen LogP contribution in [-0.2, 0) is 9.59 Å². The zero-order valence-electron chi connectivity index (χ0n) is 8.46. The minimum absolute atomic E-state index is 0.0135. The molecule has 0 atom stereocenters. The zero-order valence-corrected chi connectivity index (χ0v) is 8.46. The molecule has 1 amide bonds. The molecule has 0 radical (unpaired) electrons. The van der Waals surface area contributed by atoms with Crippen molar-refractivity contribution in [1.82, 2.24) is 0 Å². The molecular formula is C10H15N2O2+. The van der Waals surface area contributed by atoms with Gasteiger partial charge in [-0.1, -0.05) is 12.2 Å². The minimum Gasteiger partial charge on any atom is -0.365 e. The van der Waals surface area contributed by atoms with Crippen molar-refractivity contribution in [2.45, 2.75) is 13.8 Å². The molecule has 0 rings (SSSR count). The molecule has 3 N–H and O–H groups in total. The van der Waals surface area contributed by atoms with Crippen LogP contribution in [0, 0.1) is 0 Å². The number of rotatable bonds is 5. The van der Waals surface area contributed by atoms with Gasteiger partial charge in [0.2, 0.25) is 0 Å². The van der Waals surface area contributed by atoms with Gasteiger partial charge in [0.05, 0.1) is 0 Å². The van der Waals surface area contributed by atoms with Crippen LogP contribution in [0.15, 0.2) is 23.8 Å². The number of amides is 1. The van der Waals surface area contributed by atoms with Crippen LogP contribution in [0.3, 0.4) is 0 Å². The third kappa shape index (κ3) is 5.88. The smallest absolute Gasteiger partial charge is 0.254 e. The molecule has 0 saturated carbocycles. The fraction of sp³-hybridized carbons (Fsp3) is 0.300. The highest BCUT2D eigenvalue weighted by Gasteiger charge is 2.04. The first-order valence-corrected chi connectivity index (χ1v) is 4.16.